The summed E-state index contributed by atoms with van der Waals surface area (Å²) in [5, 5.41) is 3.38. The Morgan fingerprint density at radius 3 is 2.47 bits per heavy atom. The van der Waals surface area contributed by atoms with Crippen LogP contribution in [-0.2, 0) is 13.1 Å². The van der Waals surface area contributed by atoms with Gasteiger partial charge in [0.05, 0.1) is 0 Å². The molecule has 4 nitrogen and oxygen atoms in total. The average Bonchev–Trinajstić information content (AvgIpc) is 2.61. The topological polar surface area (TPSA) is 39.0 Å². The summed E-state index contributed by atoms with van der Waals surface area (Å²) in [6.45, 7) is 10.1. The summed E-state index contributed by atoms with van der Waals surface area (Å²) in [7, 11) is 0. The van der Waals surface area contributed by atoms with Crippen molar-refractivity contribution in [1.29, 1.82) is 0 Å². The summed E-state index contributed by atoms with van der Waals surface area (Å²) in [5.74, 6) is 0.684. The maximum Gasteiger partial charge on any atom is 0.328 e. The lowest BCUT2D eigenvalue weighted by Crippen LogP contribution is -2.26. The first-order valence-corrected chi connectivity index (χ1v) is 6.61. The highest BCUT2D eigenvalue weighted by atomic mass is 16.1. The molecule has 0 bridgehead atoms. The molecule has 1 rings (SSSR count). The molecule has 17 heavy (non-hydrogen) atoms. The number of nitrogens with one attached hydrogen (secondary N) is 1. The molecule has 0 radical (unpaired) electrons. The van der Waals surface area contributed by atoms with E-state index in [-0.39, 0.29) is 5.69 Å². The Morgan fingerprint density at radius 2 is 1.88 bits per heavy atom. The minimum Gasteiger partial charge on any atom is -0.316 e. The van der Waals surface area contributed by atoms with E-state index in [2.05, 4.69) is 26.1 Å². The standard InChI is InChI=1S/C13H25N3O/c1-4-7-15-9-10-16(13(15)17)8-5-6-14-11-12(2)3/h9-10,12,14H,4-8,11H2,1-3H3. The molecule has 4 heteroatoms. The van der Waals surface area contributed by atoms with Gasteiger partial charge in [-0.2, -0.15) is 0 Å². The van der Waals surface area contributed by atoms with Gasteiger partial charge in [-0.1, -0.05) is 20.8 Å². The van der Waals surface area contributed by atoms with Crippen LogP contribution in [-0.4, -0.2) is 22.2 Å². The van der Waals surface area contributed by atoms with Crippen molar-refractivity contribution in [1.82, 2.24) is 14.5 Å². The van der Waals surface area contributed by atoms with Crippen LogP contribution in [0, 0.1) is 5.92 Å². The van der Waals surface area contributed by atoms with E-state index >= 15 is 0 Å². The molecular weight excluding hydrogens is 214 g/mol. The molecule has 1 aromatic heterocycles. The van der Waals surface area contributed by atoms with Gasteiger partial charge >= 0.3 is 5.69 Å². The maximum atomic E-state index is 11.8. The Morgan fingerprint density at radius 1 is 1.24 bits per heavy atom. The third-order valence-electron chi connectivity index (χ3n) is 2.69. The summed E-state index contributed by atoms with van der Waals surface area (Å²) in [4.78, 5) is 11.8. The van der Waals surface area contributed by atoms with Crippen molar-refractivity contribution >= 4 is 0 Å². The van der Waals surface area contributed by atoms with E-state index in [1.165, 1.54) is 0 Å². The molecule has 0 fully saturated rings. The Kier molecular flexibility index (Phi) is 6.05. The number of imidazole rings is 1. The number of rotatable bonds is 8. The molecule has 1 N–H and O–H groups in total. The van der Waals surface area contributed by atoms with E-state index in [4.69, 9.17) is 0 Å². The van der Waals surface area contributed by atoms with Gasteiger partial charge < -0.3 is 5.32 Å². The molecule has 98 valence electrons. The number of hydrogen-bond donors (Lipinski definition) is 1. The number of nitrogens with zero attached hydrogens (tertiary/aromatic N) is 2. The fourth-order valence-corrected chi connectivity index (χ4v) is 1.80. The molecule has 0 saturated carbocycles. The lowest BCUT2D eigenvalue weighted by atomic mass is 10.2. The highest BCUT2D eigenvalue weighted by molar-refractivity contribution is 4.81. The molecule has 0 saturated heterocycles. The Balaban J connectivity index is 2.30. The fraction of sp³-hybridized carbons (Fsp3) is 0.769. The smallest absolute Gasteiger partial charge is 0.316 e. The summed E-state index contributed by atoms with van der Waals surface area (Å²) in [6, 6.07) is 0. The zero-order valence-corrected chi connectivity index (χ0v) is 11.3. The second-order valence-corrected chi connectivity index (χ2v) is 4.92. The van der Waals surface area contributed by atoms with Crippen LogP contribution >= 0.6 is 0 Å². The average molecular weight is 239 g/mol. The van der Waals surface area contributed by atoms with Crippen LogP contribution in [0.3, 0.4) is 0 Å². The Hall–Kier alpha value is -1.03. The predicted octanol–water partition coefficient (Wildman–Crippen LogP) is 1.70. The Labute approximate surface area is 104 Å². The van der Waals surface area contributed by atoms with Gasteiger partial charge in [-0.25, -0.2) is 4.79 Å². The molecule has 0 aliphatic rings. The quantitative estimate of drug-likeness (QED) is 0.701. The van der Waals surface area contributed by atoms with Crippen molar-refractivity contribution in [2.75, 3.05) is 13.1 Å². The van der Waals surface area contributed by atoms with E-state index in [0.717, 1.165) is 39.0 Å². The largest absolute Gasteiger partial charge is 0.328 e. The molecule has 1 heterocycles. The SMILES string of the molecule is CCCn1ccn(CCCNCC(C)C)c1=O. The number of hydrogen-bond acceptors (Lipinski definition) is 2. The molecule has 0 aliphatic carbocycles. The first-order chi connectivity index (χ1) is 8.15. The van der Waals surface area contributed by atoms with Crippen molar-refractivity contribution in [2.45, 2.75) is 46.7 Å². The molecular formula is C13H25N3O. The lowest BCUT2D eigenvalue weighted by molar-refractivity contribution is 0.513. The van der Waals surface area contributed by atoms with Gasteiger partial charge in [-0.3, -0.25) is 9.13 Å². The van der Waals surface area contributed by atoms with E-state index in [1.807, 2.05) is 12.4 Å². The third kappa shape index (κ3) is 4.77. The predicted molar refractivity (Wildman–Crippen MR) is 71.3 cm³/mol. The van der Waals surface area contributed by atoms with Gasteiger partial charge in [-0.15, -0.1) is 0 Å². The van der Waals surface area contributed by atoms with Gasteiger partial charge in [0.1, 0.15) is 0 Å². The van der Waals surface area contributed by atoms with Crippen LogP contribution in [0.4, 0.5) is 0 Å². The molecule has 0 spiro atoms. The molecule has 0 aromatic carbocycles. The molecule has 0 unspecified atom stereocenters. The van der Waals surface area contributed by atoms with Crippen LogP contribution in [0.5, 0.6) is 0 Å². The van der Waals surface area contributed by atoms with Crippen LogP contribution < -0.4 is 11.0 Å². The van der Waals surface area contributed by atoms with Gasteiger partial charge in [0.25, 0.3) is 0 Å². The number of aromatic nitrogens is 2. The zero-order chi connectivity index (χ0) is 12.7. The summed E-state index contributed by atoms with van der Waals surface area (Å²) >= 11 is 0. The van der Waals surface area contributed by atoms with E-state index in [1.54, 1.807) is 9.13 Å². The molecule has 1 aromatic rings. The first kappa shape index (κ1) is 14.0. The van der Waals surface area contributed by atoms with Crippen LogP contribution in [0.2, 0.25) is 0 Å². The molecule has 0 atom stereocenters. The number of aryl methyl sites for hydroxylation is 2. The van der Waals surface area contributed by atoms with Crippen LogP contribution in [0.15, 0.2) is 17.2 Å². The first-order valence-electron chi connectivity index (χ1n) is 6.61. The minimum absolute atomic E-state index is 0.121. The van der Waals surface area contributed by atoms with Crippen LogP contribution in [0.25, 0.3) is 0 Å². The third-order valence-corrected chi connectivity index (χ3v) is 2.69. The van der Waals surface area contributed by atoms with E-state index in [9.17, 15) is 4.79 Å². The monoisotopic (exact) mass is 239 g/mol. The normalized spacial score (nSPS) is 11.3. The van der Waals surface area contributed by atoms with E-state index in [0.29, 0.717) is 5.92 Å². The molecule has 0 amide bonds. The van der Waals surface area contributed by atoms with Gasteiger partial charge in [0.15, 0.2) is 0 Å². The second kappa shape index (κ2) is 7.33. The minimum atomic E-state index is 0.121. The second-order valence-electron chi connectivity index (χ2n) is 4.92. The maximum absolute atomic E-state index is 11.8. The summed E-state index contributed by atoms with van der Waals surface area (Å²) < 4.78 is 3.58. The van der Waals surface area contributed by atoms with Gasteiger partial charge in [0, 0.05) is 25.5 Å². The van der Waals surface area contributed by atoms with Crippen molar-refractivity contribution in [3.63, 3.8) is 0 Å². The van der Waals surface area contributed by atoms with Crippen molar-refractivity contribution in [2.24, 2.45) is 5.92 Å². The highest BCUT2D eigenvalue weighted by Crippen LogP contribution is 1.92. The summed E-state index contributed by atoms with van der Waals surface area (Å²) in [6.07, 6.45) is 5.77. The van der Waals surface area contributed by atoms with Crippen molar-refractivity contribution in [3.8, 4) is 0 Å². The van der Waals surface area contributed by atoms with Crippen molar-refractivity contribution < 1.29 is 0 Å². The summed E-state index contributed by atoms with van der Waals surface area (Å²) in [5.41, 5.74) is 0.121. The zero-order valence-electron chi connectivity index (χ0n) is 11.3. The highest BCUT2D eigenvalue weighted by Gasteiger charge is 2.01. The van der Waals surface area contributed by atoms with Gasteiger partial charge in [0.2, 0.25) is 0 Å². The lowest BCUT2D eigenvalue weighted by Gasteiger charge is -2.07. The van der Waals surface area contributed by atoms with Crippen LogP contribution in [0.1, 0.15) is 33.6 Å². The Bertz CT molecular complexity index is 365. The van der Waals surface area contributed by atoms with Crippen molar-refractivity contribution in [3.05, 3.63) is 22.9 Å². The van der Waals surface area contributed by atoms with Gasteiger partial charge in [-0.05, 0) is 31.8 Å². The molecule has 0 aliphatic heterocycles. The fourth-order valence-electron chi connectivity index (χ4n) is 1.80. The van der Waals surface area contributed by atoms with E-state index < -0.39 is 0 Å².